The molecular formula is C42H36. The molecule has 0 spiro atoms. The Morgan fingerprint density at radius 1 is 0.595 bits per heavy atom. The third-order valence-electron chi connectivity index (χ3n) is 8.05. The summed E-state index contributed by atoms with van der Waals surface area (Å²) in [6.45, 7) is 4.54. The van der Waals surface area contributed by atoms with Crippen molar-refractivity contribution in [1.82, 2.24) is 0 Å². The van der Waals surface area contributed by atoms with Crippen molar-refractivity contribution < 1.29 is 0 Å². The van der Waals surface area contributed by atoms with Crippen molar-refractivity contribution in [2.45, 2.75) is 26.7 Å². The fraction of sp³-hybridized carbons (Fsp3) is 0.0952. The largest absolute Gasteiger partial charge is 0.0807 e. The SMILES string of the molecule is CCc1c(/C=C(\C)c2ccccc2)c(-c2ccccc2)c(-c2ccccc2)c(-c2ccccc2)c1C1=CC=CCC=C1. The number of benzene rings is 5. The molecule has 0 heteroatoms. The first kappa shape index (κ1) is 27.2. The third kappa shape index (κ3) is 5.49. The predicted molar refractivity (Wildman–Crippen MR) is 183 cm³/mol. The van der Waals surface area contributed by atoms with Crippen molar-refractivity contribution in [3.63, 3.8) is 0 Å². The molecule has 0 fully saturated rings. The fourth-order valence-corrected chi connectivity index (χ4v) is 6.10. The zero-order chi connectivity index (χ0) is 28.7. The van der Waals surface area contributed by atoms with Crippen LogP contribution in [0.3, 0.4) is 0 Å². The van der Waals surface area contributed by atoms with Crippen molar-refractivity contribution >= 4 is 17.2 Å². The first-order chi connectivity index (χ1) is 20.8. The Kier molecular flexibility index (Phi) is 8.24. The van der Waals surface area contributed by atoms with Crippen molar-refractivity contribution in [3.8, 4) is 33.4 Å². The van der Waals surface area contributed by atoms with Gasteiger partial charge < -0.3 is 0 Å². The van der Waals surface area contributed by atoms with Crippen LogP contribution in [0, 0.1) is 0 Å². The van der Waals surface area contributed by atoms with Crippen LogP contribution in [0.15, 0.2) is 152 Å². The van der Waals surface area contributed by atoms with Crippen molar-refractivity contribution in [2.75, 3.05) is 0 Å². The first-order valence-corrected chi connectivity index (χ1v) is 14.9. The van der Waals surface area contributed by atoms with Crippen LogP contribution in [-0.4, -0.2) is 0 Å². The zero-order valence-electron chi connectivity index (χ0n) is 24.4. The topological polar surface area (TPSA) is 0 Å². The maximum absolute atomic E-state index is 2.43. The lowest BCUT2D eigenvalue weighted by Gasteiger charge is -2.27. The average molecular weight is 541 g/mol. The second-order valence-electron chi connectivity index (χ2n) is 10.7. The Morgan fingerprint density at radius 3 is 1.64 bits per heavy atom. The highest BCUT2D eigenvalue weighted by Gasteiger charge is 2.26. The van der Waals surface area contributed by atoms with E-state index in [4.69, 9.17) is 0 Å². The monoisotopic (exact) mass is 540 g/mol. The minimum atomic E-state index is 0.910. The molecule has 5 aromatic carbocycles. The molecule has 204 valence electrons. The van der Waals surface area contributed by atoms with E-state index >= 15 is 0 Å². The smallest absolute Gasteiger partial charge is 0.00143 e. The summed E-state index contributed by atoms with van der Waals surface area (Å²) in [5, 5.41) is 0. The molecule has 0 aromatic heterocycles. The van der Waals surface area contributed by atoms with E-state index in [-0.39, 0.29) is 0 Å². The quantitative estimate of drug-likeness (QED) is 0.180. The first-order valence-electron chi connectivity index (χ1n) is 14.9. The van der Waals surface area contributed by atoms with Gasteiger partial charge in [0, 0.05) is 0 Å². The minimum Gasteiger partial charge on any atom is -0.0807 e. The zero-order valence-corrected chi connectivity index (χ0v) is 24.4. The Bertz CT molecular complexity index is 1780. The molecule has 0 amide bonds. The van der Waals surface area contributed by atoms with Gasteiger partial charge in [-0.25, -0.2) is 0 Å². The van der Waals surface area contributed by atoms with Crippen LogP contribution in [0.4, 0.5) is 0 Å². The van der Waals surface area contributed by atoms with Crippen LogP contribution in [0.25, 0.3) is 50.6 Å². The highest BCUT2D eigenvalue weighted by atomic mass is 14.3. The van der Waals surface area contributed by atoms with Crippen LogP contribution in [0.2, 0.25) is 0 Å². The Balaban J connectivity index is 1.85. The Hall–Kier alpha value is -4.94. The molecular weight excluding hydrogens is 504 g/mol. The van der Waals surface area contributed by atoms with Gasteiger partial charge in [-0.3, -0.25) is 0 Å². The second kappa shape index (κ2) is 12.7. The van der Waals surface area contributed by atoms with Crippen molar-refractivity contribution in [2.24, 2.45) is 0 Å². The van der Waals surface area contributed by atoms with E-state index in [0.29, 0.717) is 0 Å². The summed E-state index contributed by atoms with van der Waals surface area (Å²) in [4.78, 5) is 0. The summed E-state index contributed by atoms with van der Waals surface area (Å²) < 4.78 is 0. The van der Waals surface area contributed by atoms with E-state index in [1.807, 2.05) is 0 Å². The van der Waals surface area contributed by atoms with Gasteiger partial charge in [0.05, 0.1) is 0 Å². The van der Waals surface area contributed by atoms with E-state index in [1.54, 1.807) is 0 Å². The van der Waals surface area contributed by atoms with Crippen LogP contribution >= 0.6 is 0 Å². The Morgan fingerprint density at radius 2 is 1.10 bits per heavy atom. The summed E-state index contributed by atoms with van der Waals surface area (Å²) in [5.41, 5.74) is 15.3. The van der Waals surface area contributed by atoms with Crippen molar-refractivity contribution in [3.05, 3.63) is 174 Å². The van der Waals surface area contributed by atoms with E-state index in [0.717, 1.165) is 12.8 Å². The molecule has 0 saturated carbocycles. The van der Waals surface area contributed by atoms with E-state index in [2.05, 4.69) is 172 Å². The predicted octanol–water partition coefficient (Wildman–Crippen LogP) is 11.7. The number of rotatable bonds is 7. The summed E-state index contributed by atoms with van der Waals surface area (Å²) >= 11 is 0. The fourth-order valence-electron chi connectivity index (χ4n) is 6.10. The molecule has 6 rings (SSSR count). The van der Waals surface area contributed by atoms with Gasteiger partial charge in [-0.2, -0.15) is 0 Å². The molecule has 1 aliphatic rings. The highest BCUT2D eigenvalue weighted by Crippen LogP contribution is 2.49. The molecule has 0 bridgehead atoms. The molecule has 0 atom stereocenters. The van der Waals surface area contributed by atoms with Gasteiger partial charge in [-0.15, -0.1) is 0 Å². The van der Waals surface area contributed by atoms with Crippen LogP contribution in [0.1, 0.15) is 42.5 Å². The molecule has 1 aliphatic carbocycles. The standard InChI is InChI=1S/C42H36/c1-3-37-38(30-31(2)32-20-12-6-13-21-32)40(34-24-14-7-15-25-34)42(36-28-18-9-19-29-36)41(35-26-16-8-17-27-35)39(37)33-22-10-4-5-11-23-33/h4,6-30H,3,5H2,1-2H3/b31-30+. The molecule has 5 aromatic rings. The van der Waals surface area contributed by atoms with Crippen molar-refractivity contribution in [1.29, 1.82) is 0 Å². The van der Waals surface area contributed by atoms with E-state index in [1.165, 1.54) is 66.8 Å². The number of allylic oxidation sites excluding steroid dienone is 7. The normalized spacial score (nSPS) is 13.1. The molecule has 0 heterocycles. The van der Waals surface area contributed by atoms with E-state index in [9.17, 15) is 0 Å². The van der Waals surface area contributed by atoms with Gasteiger partial charge in [0.2, 0.25) is 0 Å². The van der Waals surface area contributed by atoms with Crippen LogP contribution in [-0.2, 0) is 6.42 Å². The summed E-state index contributed by atoms with van der Waals surface area (Å²) in [6, 6.07) is 43.6. The summed E-state index contributed by atoms with van der Waals surface area (Å²) in [6.07, 6.45) is 15.6. The van der Waals surface area contributed by atoms with Gasteiger partial charge in [0.25, 0.3) is 0 Å². The summed E-state index contributed by atoms with van der Waals surface area (Å²) in [7, 11) is 0. The minimum absolute atomic E-state index is 0.910. The van der Waals surface area contributed by atoms with Gasteiger partial charge in [0.1, 0.15) is 0 Å². The second-order valence-corrected chi connectivity index (χ2v) is 10.7. The van der Waals surface area contributed by atoms with Gasteiger partial charge in [0.15, 0.2) is 0 Å². The lowest BCUT2D eigenvalue weighted by Crippen LogP contribution is -2.05. The number of hydrogen-bond acceptors (Lipinski definition) is 0. The van der Waals surface area contributed by atoms with Crippen LogP contribution in [0.5, 0.6) is 0 Å². The lowest BCUT2D eigenvalue weighted by atomic mass is 9.76. The highest BCUT2D eigenvalue weighted by molar-refractivity contribution is 6.06. The molecule has 42 heavy (non-hydrogen) atoms. The average Bonchev–Trinajstić information content (AvgIpc) is 3.35. The van der Waals surface area contributed by atoms with E-state index < -0.39 is 0 Å². The molecule has 0 aliphatic heterocycles. The van der Waals surface area contributed by atoms with Gasteiger partial charge in [-0.05, 0) is 86.5 Å². The summed E-state index contributed by atoms with van der Waals surface area (Å²) in [5.74, 6) is 0. The third-order valence-corrected chi connectivity index (χ3v) is 8.05. The molecule has 0 saturated heterocycles. The molecule has 0 nitrogen and oxygen atoms in total. The Labute approximate surface area is 250 Å². The number of hydrogen-bond donors (Lipinski definition) is 0. The molecule has 0 N–H and O–H groups in total. The maximum atomic E-state index is 2.43. The van der Waals surface area contributed by atoms with Gasteiger partial charge >= 0.3 is 0 Å². The maximum Gasteiger partial charge on any atom is -0.00143 e. The van der Waals surface area contributed by atoms with Gasteiger partial charge in [-0.1, -0.05) is 165 Å². The lowest BCUT2D eigenvalue weighted by molar-refractivity contribution is 1.12. The van der Waals surface area contributed by atoms with Crippen LogP contribution < -0.4 is 0 Å². The molecule has 0 radical (unpaired) electrons. The molecule has 0 unspecified atom stereocenters.